The monoisotopic (exact) mass is 342 g/mol. The Morgan fingerprint density at radius 3 is 2.76 bits per heavy atom. The van der Waals surface area contributed by atoms with Gasteiger partial charge in [0.25, 0.3) is 0 Å². The van der Waals surface area contributed by atoms with Crippen molar-refractivity contribution >= 4 is 5.97 Å². The molecular weight excluding hydrogens is 316 g/mol. The molecule has 0 bridgehead atoms. The first kappa shape index (κ1) is 15.0. The van der Waals surface area contributed by atoms with Gasteiger partial charge in [-0.25, -0.2) is 4.79 Å². The van der Waals surface area contributed by atoms with E-state index in [0.29, 0.717) is 24.4 Å². The van der Waals surface area contributed by atoms with Gasteiger partial charge in [0.15, 0.2) is 0 Å². The maximum Gasteiger partial charge on any atom is 0.334 e. The fraction of sp³-hybridized carbons (Fsp3) is 0.762. The van der Waals surface area contributed by atoms with Crippen molar-refractivity contribution in [2.75, 3.05) is 6.61 Å². The van der Waals surface area contributed by atoms with Crippen molar-refractivity contribution in [3.63, 3.8) is 0 Å². The first-order chi connectivity index (χ1) is 11.9. The fourth-order valence-electron chi connectivity index (χ4n) is 7.26. The van der Waals surface area contributed by atoms with Crippen LogP contribution in [0.3, 0.4) is 0 Å². The normalized spacial score (nSPS) is 55.0. The molecule has 2 spiro atoms. The molecule has 2 saturated carbocycles. The van der Waals surface area contributed by atoms with E-state index >= 15 is 0 Å². The van der Waals surface area contributed by atoms with Gasteiger partial charge in [0.2, 0.25) is 0 Å². The van der Waals surface area contributed by atoms with Crippen LogP contribution in [0, 0.1) is 23.2 Å². The van der Waals surface area contributed by atoms with Crippen molar-refractivity contribution < 1.29 is 19.0 Å². The average molecular weight is 342 g/mol. The first-order valence-corrected chi connectivity index (χ1v) is 9.81. The lowest BCUT2D eigenvalue weighted by Crippen LogP contribution is -2.62. The standard InChI is InChI=1S/C21H26O4/c1-10(2)13-7-17-21(25-17)19(4)6-5-12-14(9-23-18(12)22)15(19)8-16-20(21,24-16)11(13)3/h10,13,15-17H,3,5-9H2,1-2,4H3. The second kappa shape index (κ2) is 4.07. The van der Waals surface area contributed by atoms with E-state index in [1.165, 1.54) is 11.1 Å². The van der Waals surface area contributed by atoms with Crippen molar-refractivity contribution in [3.05, 3.63) is 23.3 Å². The third-order valence-electron chi connectivity index (χ3n) is 8.57. The lowest BCUT2D eigenvalue weighted by Gasteiger charge is -2.53. The number of hydrogen-bond donors (Lipinski definition) is 0. The van der Waals surface area contributed by atoms with Crippen molar-refractivity contribution in [3.8, 4) is 0 Å². The molecule has 25 heavy (non-hydrogen) atoms. The highest BCUT2D eigenvalue weighted by Crippen LogP contribution is 2.80. The van der Waals surface area contributed by atoms with Gasteiger partial charge in [-0.2, -0.15) is 0 Å². The zero-order valence-corrected chi connectivity index (χ0v) is 15.3. The number of rotatable bonds is 1. The molecule has 134 valence electrons. The zero-order chi connectivity index (χ0) is 17.4. The summed E-state index contributed by atoms with van der Waals surface area (Å²) in [4.78, 5) is 12.1. The number of carbonyl (C=O) groups excluding carboxylic acids is 1. The van der Waals surface area contributed by atoms with E-state index in [4.69, 9.17) is 14.2 Å². The molecule has 0 N–H and O–H groups in total. The molecular formula is C21H26O4. The first-order valence-electron chi connectivity index (χ1n) is 9.81. The molecule has 0 aromatic carbocycles. The molecule has 7 atom stereocenters. The number of hydrogen-bond acceptors (Lipinski definition) is 4. The molecule has 4 nitrogen and oxygen atoms in total. The SMILES string of the molecule is C=C1C(C(C)C)CC2OC23C2(C)CCC4=C(COC4=O)C2CC2OC123. The molecule has 3 heterocycles. The Kier molecular flexibility index (Phi) is 2.44. The van der Waals surface area contributed by atoms with Crippen LogP contribution in [0.1, 0.15) is 46.5 Å². The predicted octanol–water partition coefficient (Wildman–Crippen LogP) is 3.17. The molecule has 6 aliphatic rings. The Balaban J connectivity index is 1.48. The van der Waals surface area contributed by atoms with Gasteiger partial charge in [-0.1, -0.05) is 27.4 Å². The Bertz CT molecular complexity index is 766. The molecule has 0 amide bonds. The van der Waals surface area contributed by atoms with Crippen LogP contribution in [-0.2, 0) is 19.0 Å². The lowest BCUT2D eigenvalue weighted by atomic mass is 9.46. The highest BCUT2D eigenvalue weighted by atomic mass is 16.7. The van der Waals surface area contributed by atoms with Gasteiger partial charge >= 0.3 is 5.97 Å². The molecule has 3 aliphatic carbocycles. The number of cyclic esters (lactones) is 1. The van der Waals surface area contributed by atoms with E-state index in [0.717, 1.165) is 31.3 Å². The van der Waals surface area contributed by atoms with Crippen LogP contribution >= 0.6 is 0 Å². The van der Waals surface area contributed by atoms with E-state index in [1.54, 1.807) is 0 Å². The Morgan fingerprint density at radius 1 is 1.20 bits per heavy atom. The minimum absolute atomic E-state index is 0.0162. The number of ether oxygens (including phenoxy) is 3. The second-order valence-corrected chi connectivity index (χ2v) is 9.58. The molecule has 3 aliphatic heterocycles. The van der Waals surface area contributed by atoms with Gasteiger partial charge in [-0.15, -0.1) is 0 Å². The molecule has 6 rings (SSSR count). The Hall–Kier alpha value is -1.13. The van der Waals surface area contributed by atoms with Gasteiger partial charge in [0, 0.05) is 11.0 Å². The molecule has 4 heteroatoms. The van der Waals surface area contributed by atoms with Crippen LogP contribution in [-0.4, -0.2) is 36.0 Å². The zero-order valence-electron chi connectivity index (χ0n) is 15.3. The summed E-state index contributed by atoms with van der Waals surface area (Å²) in [6, 6.07) is 0. The minimum atomic E-state index is -0.266. The number of esters is 1. The third-order valence-corrected chi connectivity index (χ3v) is 8.57. The van der Waals surface area contributed by atoms with Crippen LogP contribution in [0.2, 0.25) is 0 Å². The maximum atomic E-state index is 12.1. The van der Waals surface area contributed by atoms with Crippen molar-refractivity contribution in [1.29, 1.82) is 0 Å². The number of epoxide rings is 2. The molecule has 0 aromatic rings. The number of fused-ring (bicyclic) bond motifs is 2. The van der Waals surface area contributed by atoms with Crippen LogP contribution in [0.5, 0.6) is 0 Å². The summed E-state index contributed by atoms with van der Waals surface area (Å²) in [5.41, 5.74) is 2.99. The average Bonchev–Trinajstić information content (AvgIpc) is 3.44. The van der Waals surface area contributed by atoms with Gasteiger partial charge in [0.1, 0.15) is 17.8 Å². The van der Waals surface area contributed by atoms with Crippen LogP contribution in [0.4, 0.5) is 0 Å². The molecule has 0 aromatic heterocycles. The summed E-state index contributed by atoms with van der Waals surface area (Å²) in [5.74, 6) is 1.31. The highest BCUT2D eigenvalue weighted by molar-refractivity contribution is 5.92. The third kappa shape index (κ3) is 1.35. The fourth-order valence-corrected chi connectivity index (χ4v) is 7.26. The molecule has 0 radical (unpaired) electrons. The summed E-state index contributed by atoms with van der Waals surface area (Å²) < 4.78 is 18.4. The van der Waals surface area contributed by atoms with Crippen LogP contribution < -0.4 is 0 Å². The van der Waals surface area contributed by atoms with Crippen LogP contribution in [0.25, 0.3) is 0 Å². The smallest absolute Gasteiger partial charge is 0.334 e. The lowest BCUT2D eigenvalue weighted by molar-refractivity contribution is -0.136. The summed E-state index contributed by atoms with van der Waals surface area (Å²) in [6.07, 6.45) is 4.33. The quantitative estimate of drug-likeness (QED) is 0.417. The largest absolute Gasteiger partial charge is 0.458 e. The highest BCUT2D eigenvalue weighted by Gasteiger charge is 2.91. The summed E-state index contributed by atoms with van der Waals surface area (Å²) in [5, 5.41) is 0. The summed E-state index contributed by atoms with van der Waals surface area (Å²) in [7, 11) is 0. The molecule has 2 saturated heterocycles. The van der Waals surface area contributed by atoms with E-state index in [2.05, 4.69) is 27.4 Å². The van der Waals surface area contributed by atoms with E-state index < -0.39 is 0 Å². The Labute approximate surface area is 148 Å². The maximum absolute atomic E-state index is 12.1. The van der Waals surface area contributed by atoms with Crippen molar-refractivity contribution in [2.24, 2.45) is 23.2 Å². The van der Waals surface area contributed by atoms with Gasteiger partial charge in [0.05, 0.1) is 12.2 Å². The second-order valence-electron chi connectivity index (χ2n) is 9.58. The Morgan fingerprint density at radius 2 is 2.00 bits per heavy atom. The summed E-state index contributed by atoms with van der Waals surface area (Å²) >= 11 is 0. The van der Waals surface area contributed by atoms with Crippen LogP contribution in [0.15, 0.2) is 23.3 Å². The molecule has 7 unspecified atom stereocenters. The number of carbonyl (C=O) groups is 1. The van der Waals surface area contributed by atoms with Gasteiger partial charge < -0.3 is 14.2 Å². The van der Waals surface area contributed by atoms with Crippen molar-refractivity contribution in [1.82, 2.24) is 0 Å². The summed E-state index contributed by atoms with van der Waals surface area (Å²) in [6.45, 7) is 12.0. The predicted molar refractivity (Wildman–Crippen MR) is 90.7 cm³/mol. The minimum Gasteiger partial charge on any atom is -0.458 e. The van der Waals surface area contributed by atoms with Gasteiger partial charge in [-0.05, 0) is 54.6 Å². The van der Waals surface area contributed by atoms with Crippen molar-refractivity contribution in [2.45, 2.75) is 69.9 Å². The molecule has 4 fully saturated rings. The topological polar surface area (TPSA) is 51.4 Å². The van der Waals surface area contributed by atoms with E-state index in [9.17, 15) is 4.79 Å². The van der Waals surface area contributed by atoms with E-state index in [-0.39, 0.29) is 34.8 Å². The van der Waals surface area contributed by atoms with E-state index in [1.807, 2.05) is 0 Å². The van der Waals surface area contributed by atoms with Gasteiger partial charge in [-0.3, -0.25) is 0 Å².